The van der Waals surface area contributed by atoms with Crippen molar-refractivity contribution in [2.24, 2.45) is 0 Å². The van der Waals surface area contributed by atoms with Gasteiger partial charge in [0, 0.05) is 6.42 Å². The summed E-state index contributed by atoms with van der Waals surface area (Å²) in [6.45, 7) is 4.89. The third-order valence-corrected chi connectivity index (χ3v) is 13.4. The van der Waals surface area contributed by atoms with Gasteiger partial charge in [0.2, 0.25) is 5.91 Å². The third kappa shape index (κ3) is 48.7. The van der Waals surface area contributed by atoms with Crippen molar-refractivity contribution < 1.29 is 32.9 Å². The van der Waals surface area contributed by atoms with E-state index in [2.05, 4.69) is 43.5 Å². The largest absolute Gasteiger partial charge is 0.472 e. The van der Waals surface area contributed by atoms with Gasteiger partial charge in [0.15, 0.2) is 0 Å². The van der Waals surface area contributed by atoms with E-state index in [1.165, 1.54) is 193 Å². The van der Waals surface area contributed by atoms with Crippen molar-refractivity contribution in [3.63, 3.8) is 0 Å². The quantitative estimate of drug-likeness (QED) is 0.0243. The Morgan fingerprint density at radius 1 is 0.540 bits per heavy atom. The van der Waals surface area contributed by atoms with Crippen molar-refractivity contribution in [3.05, 3.63) is 24.3 Å². The van der Waals surface area contributed by atoms with Crippen LogP contribution in [0.4, 0.5) is 0 Å². The highest BCUT2D eigenvalue weighted by atomic mass is 31.2. The molecule has 0 fully saturated rings. The van der Waals surface area contributed by atoms with Gasteiger partial charge in [-0.25, -0.2) is 4.57 Å². The maximum atomic E-state index is 12.9. The van der Waals surface area contributed by atoms with Gasteiger partial charge in [0.05, 0.1) is 39.9 Å². The number of hydrogen-bond acceptors (Lipinski definition) is 5. The molecule has 3 N–H and O–H groups in total. The summed E-state index contributed by atoms with van der Waals surface area (Å²) in [4.78, 5) is 23.2. The van der Waals surface area contributed by atoms with Gasteiger partial charge in [-0.1, -0.05) is 237 Å². The lowest BCUT2D eigenvalue weighted by molar-refractivity contribution is -0.870. The van der Waals surface area contributed by atoms with E-state index in [1.54, 1.807) is 0 Å². The number of phosphoric acid groups is 1. The Morgan fingerprint density at radius 2 is 0.905 bits per heavy atom. The van der Waals surface area contributed by atoms with E-state index in [1.807, 2.05) is 21.1 Å². The lowest BCUT2D eigenvalue weighted by Gasteiger charge is -2.26. The van der Waals surface area contributed by atoms with Crippen LogP contribution in [0.3, 0.4) is 0 Å². The van der Waals surface area contributed by atoms with E-state index in [-0.39, 0.29) is 19.1 Å². The van der Waals surface area contributed by atoms with E-state index >= 15 is 0 Å². The second-order valence-electron chi connectivity index (χ2n) is 20.0. The van der Waals surface area contributed by atoms with E-state index < -0.39 is 20.0 Å². The molecule has 0 aliphatic carbocycles. The standard InChI is InChI=1S/C54H107N2O6P/c1-6-8-10-12-14-16-18-19-20-21-22-23-24-25-26-27-28-29-30-31-32-33-34-35-36-37-38-40-42-44-46-48-54(58)55-52(51-62-63(59,60)61-50-49-56(3,4)5)53(57)47-45-43-41-39-17-15-13-11-9-7-2/h22-23,25-26,52-53,57H,6-21,24,27-51H2,1-5H3,(H-,55,58,59,60)/p+1/b23-22-,26-25-. The van der Waals surface area contributed by atoms with Gasteiger partial charge >= 0.3 is 7.82 Å². The van der Waals surface area contributed by atoms with Gasteiger partial charge in [-0.05, 0) is 44.9 Å². The highest BCUT2D eigenvalue weighted by molar-refractivity contribution is 7.47. The minimum atomic E-state index is -4.31. The van der Waals surface area contributed by atoms with E-state index in [0.29, 0.717) is 23.9 Å². The molecule has 8 nitrogen and oxygen atoms in total. The van der Waals surface area contributed by atoms with Gasteiger partial charge < -0.3 is 19.8 Å². The molecule has 0 aromatic heterocycles. The number of carbonyl (C=O) groups excluding carboxylic acids is 1. The summed E-state index contributed by atoms with van der Waals surface area (Å²) in [6, 6.07) is -0.757. The molecule has 0 aliphatic heterocycles. The lowest BCUT2D eigenvalue weighted by Crippen LogP contribution is -2.46. The minimum Gasteiger partial charge on any atom is -0.391 e. The molecule has 9 heteroatoms. The van der Waals surface area contributed by atoms with Crippen LogP contribution < -0.4 is 5.32 Å². The predicted molar refractivity (Wildman–Crippen MR) is 272 cm³/mol. The van der Waals surface area contributed by atoms with Gasteiger partial charge in [-0.3, -0.25) is 13.8 Å². The highest BCUT2D eigenvalue weighted by Crippen LogP contribution is 2.43. The molecule has 3 atom stereocenters. The molecule has 63 heavy (non-hydrogen) atoms. The van der Waals surface area contributed by atoms with Crippen LogP contribution in [0, 0.1) is 0 Å². The number of nitrogens with zero attached hydrogens (tertiary/aromatic N) is 1. The fraction of sp³-hybridized carbons (Fsp3) is 0.907. The molecule has 0 rings (SSSR count). The zero-order chi connectivity index (χ0) is 46.4. The van der Waals surface area contributed by atoms with Crippen molar-refractivity contribution >= 4 is 13.7 Å². The van der Waals surface area contributed by atoms with Gasteiger partial charge in [-0.15, -0.1) is 0 Å². The van der Waals surface area contributed by atoms with Crippen LogP contribution in [0.1, 0.15) is 264 Å². The van der Waals surface area contributed by atoms with Crippen molar-refractivity contribution in [2.45, 2.75) is 276 Å². The van der Waals surface area contributed by atoms with Crippen molar-refractivity contribution in [1.82, 2.24) is 5.32 Å². The van der Waals surface area contributed by atoms with E-state index in [9.17, 15) is 19.4 Å². The van der Waals surface area contributed by atoms with E-state index in [4.69, 9.17) is 9.05 Å². The smallest absolute Gasteiger partial charge is 0.391 e. The van der Waals surface area contributed by atoms with Crippen molar-refractivity contribution in [1.29, 1.82) is 0 Å². The monoisotopic (exact) mass is 912 g/mol. The SMILES string of the molecule is CCCCCCCCCCC/C=C\C/C=C\CCCCCCCCCCCCCCCCCC(=O)NC(COP(=O)(O)OCC[N+](C)(C)C)C(O)CCCCCCCCCCCC. The normalized spacial score (nSPS) is 14.2. The number of rotatable bonds is 50. The molecule has 0 aromatic carbocycles. The van der Waals surface area contributed by atoms with Crippen molar-refractivity contribution in [3.8, 4) is 0 Å². The first-order chi connectivity index (χ1) is 30.5. The fourth-order valence-electron chi connectivity index (χ4n) is 8.14. The van der Waals surface area contributed by atoms with Gasteiger partial charge in [0.25, 0.3) is 0 Å². The summed E-state index contributed by atoms with van der Waals surface area (Å²) < 4.78 is 23.6. The first kappa shape index (κ1) is 62.0. The number of phosphoric ester groups is 1. The van der Waals surface area contributed by atoms with Crippen LogP contribution in [0.2, 0.25) is 0 Å². The zero-order valence-corrected chi connectivity index (χ0v) is 43.5. The average Bonchev–Trinajstić information content (AvgIpc) is 3.24. The van der Waals surface area contributed by atoms with Crippen LogP contribution >= 0.6 is 7.82 Å². The summed E-state index contributed by atoms with van der Waals surface area (Å²) >= 11 is 0. The maximum absolute atomic E-state index is 12.9. The molecule has 0 radical (unpaired) electrons. The number of amides is 1. The Balaban J connectivity index is 3.97. The molecule has 0 saturated carbocycles. The maximum Gasteiger partial charge on any atom is 0.472 e. The molecule has 0 spiro atoms. The summed E-state index contributed by atoms with van der Waals surface area (Å²) in [7, 11) is 1.62. The number of aliphatic hydroxyl groups excluding tert-OH is 1. The minimum absolute atomic E-state index is 0.0760. The zero-order valence-electron chi connectivity index (χ0n) is 42.6. The first-order valence-corrected chi connectivity index (χ1v) is 28.7. The Hall–Kier alpha value is -1.02. The van der Waals surface area contributed by atoms with E-state index in [0.717, 1.165) is 44.9 Å². The van der Waals surface area contributed by atoms with Crippen LogP contribution in [0.5, 0.6) is 0 Å². The second kappa shape index (κ2) is 46.1. The number of nitrogens with one attached hydrogen (secondary N) is 1. The average molecular weight is 912 g/mol. The number of likely N-dealkylation sites (N-methyl/N-ethyl adjacent to an activating group) is 1. The Morgan fingerprint density at radius 3 is 1.30 bits per heavy atom. The lowest BCUT2D eigenvalue weighted by atomic mass is 10.0. The Kier molecular flexibility index (Phi) is 45.4. The molecular formula is C54H108N2O6P+. The molecule has 0 saturated heterocycles. The predicted octanol–water partition coefficient (Wildman–Crippen LogP) is 16.0. The number of hydrogen-bond donors (Lipinski definition) is 3. The molecule has 0 aromatic rings. The molecule has 0 bridgehead atoms. The number of unbranched alkanes of at least 4 members (excludes halogenated alkanes) is 33. The highest BCUT2D eigenvalue weighted by Gasteiger charge is 2.28. The summed E-state index contributed by atoms with van der Waals surface area (Å²) in [6.07, 6.45) is 56.7. The summed E-state index contributed by atoms with van der Waals surface area (Å²) in [5.74, 6) is -0.144. The molecule has 1 amide bonds. The van der Waals surface area contributed by atoms with Crippen LogP contribution in [0.25, 0.3) is 0 Å². The van der Waals surface area contributed by atoms with Crippen molar-refractivity contribution in [2.75, 3.05) is 40.9 Å². The fourth-order valence-corrected chi connectivity index (χ4v) is 8.87. The molecule has 3 unspecified atom stereocenters. The number of quaternary nitrogens is 1. The van der Waals surface area contributed by atoms with Crippen LogP contribution in [0.15, 0.2) is 24.3 Å². The molecule has 0 heterocycles. The number of carbonyl (C=O) groups is 1. The number of allylic oxidation sites excluding steroid dienone is 4. The summed E-state index contributed by atoms with van der Waals surface area (Å²) in [5, 5.41) is 14.0. The summed E-state index contributed by atoms with van der Waals surface area (Å²) in [5.41, 5.74) is 0. The molecule has 374 valence electrons. The molecule has 0 aliphatic rings. The topological polar surface area (TPSA) is 105 Å². The third-order valence-electron chi connectivity index (χ3n) is 12.5. The number of aliphatic hydroxyl groups is 1. The molecular weight excluding hydrogens is 804 g/mol. The first-order valence-electron chi connectivity index (χ1n) is 27.2. The Labute approximate surface area is 392 Å². The van der Waals surface area contributed by atoms with Crippen LogP contribution in [-0.4, -0.2) is 73.4 Å². The van der Waals surface area contributed by atoms with Gasteiger partial charge in [-0.2, -0.15) is 0 Å². The Bertz CT molecular complexity index is 1080. The second-order valence-corrected chi connectivity index (χ2v) is 21.4. The van der Waals surface area contributed by atoms with Gasteiger partial charge in [0.1, 0.15) is 13.2 Å². The van der Waals surface area contributed by atoms with Crippen LogP contribution in [-0.2, 0) is 18.4 Å².